The molecule has 0 aliphatic heterocycles. The number of nitrogen functional groups attached to an aromatic ring is 1. The lowest BCUT2D eigenvalue weighted by Crippen LogP contribution is -2.30. The molecule has 1 aromatic heterocycles. The number of ether oxygens (including phenoxy) is 1. The van der Waals surface area contributed by atoms with Crippen molar-refractivity contribution in [2.75, 3.05) is 12.8 Å². The second-order valence-corrected chi connectivity index (χ2v) is 4.26. The summed E-state index contributed by atoms with van der Waals surface area (Å²) in [5.74, 6) is 1.29. The van der Waals surface area contributed by atoms with Crippen molar-refractivity contribution < 1.29 is 4.74 Å². The van der Waals surface area contributed by atoms with E-state index >= 15 is 0 Å². The maximum absolute atomic E-state index is 5.99. The number of hydrogen-bond acceptors (Lipinski definition) is 4. The Bertz CT molecular complexity index is 355. The van der Waals surface area contributed by atoms with Crippen molar-refractivity contribution in [3.63, 3.8) is 0 Å². The van der Waals surface area contributed by atoms with Crippen LogP contribution in [-0.2, 0) is 16.8 Å². The summed E-state index contributed by atoms with van der Waals surface area (Å²) in [5, 5.41) is 0. The molecule has 0 amide bonds. The van der Waals surface area contributed by atoms with E-state index in [-0.39, 0.29) is 0 Å². The van der Waals surface area contributed by atoms with Crippen LogP contribution in [0.3, 0.4) is 0 Å². The quantitative estimate of drug-likeness (QED) is 0.855. The lowest BCUT2D eigenvalue weighted by atomic mass is 9.95. The third kappa shape index (κ3) is 2.41. The number of rotatable bonds is 5. The average Bonchev–Trinajstić information content (AvgIpc) is 2.32. The van der Waals surface area contributed by atoms with E-state index in [9.17, 15) is 0 Å². The van der Waals surface area contributed by atoms with Gasteiger partial charge < -0.3 is 10.5 Å². The van der Waals surface area contributed by atoms with Gasteiger partial charge in [-0.2, -0.15) is 0 Å². The van der Waals surface area contributed by atoms with Crippen LogP contribution in [0.25, 0.3) is 0 Å². The number of hydrogen-bond donors (Lipinski definition) is 1. The van der Waals surface area contributed by atoms with Crippen LogP contribution >= 0.6 is 0 Å². The zero-order valence-electron chi connectivity index (χ0n) is 11.5. The van der Waals surface area contributed by atoms with E-state index in [1.165, 1.54) is 0 Å². The molecule has 0 aliphatic carbocycles. The van der Waals surface area contributed by atoms with Crippen LogP contribution in [0.15, 0.2) is 0 Å². The molecule has 4 nitrogen and oxygen atoms in total. The highest BCUT2D eigenvalue weighted by Gasteiger charge is 2.32. The van der Waals surface area contributed by atoms with E-state index in [0.717, 1.165) is 30.5 Å². The van der Waals surface area contributed by atoms with Crippen molar-refractivity contribution in [3.05, 3.63) is 17.1 Å². The van der Waals surface area contributed by atoms with Crippen molar-refractivity contribution in [1.29, 1.82) is 0 Å². The molecule has 0 aliphatic rings. The highest BCUT2D eigenvalue weighted by Crippen LogP contribution is 2.31. The number of aromatic nitrogens is 2. The molecule has 1 rings (SSSR count). The predicted molar refractivity (Wildman–Crippen MR) is 69.8 cm³/mol. The van der Waals surface area contributed by atoms with E-state index in [1.807, 2.05) is 6.92 Å². The average molecular weight is 237 g/mol. The summed E-state index contributed by atoms with van der Waals surface area (Å²) >= 11 is 0. The first kappa shape index (κ1) is 13.9. The standard InChI is InChI=1S/C13H23N3O/c1-6-10-9(4)15-12(16-11(10)14)13(7-2,8-3)17-5/h6-8H2,1-5H3,(H2,14,15,16). The Balaban J connectivity index is 3.32. The fourth-order valence-electron chi connectivity index (χ4n) is 2.21. The molecule has 0 saturated heterocycles. The molecule has 0 unspecified atom stereocenters. The van der Waals surface area contributed by atoms with Crippen LogP contribution in [0.2, 0.25) is 0 Å². The van der Waals surface area contributed by atoms with Gasteiger partial charge in [0.1, 0.15) is 11.4 Å². The van der Waals surface area contributed by atoms with Crippen molar-refractivity contribution in [3.8, 4) is 0 Å². The van der Waals surface area contributed by atoms with E-state index in [0.29, 0.717) is 11.6 Å². The summed E-state index contributed by atoms with van der Waals surface area (Å²) in [5.41, 5.74) is 7.57. The van der Waals surface area contributed by atoms with E-state index in [4.69, 9.17) is 10.5 Å². The lowest BCUT2D eigenvalue weighted by Gasteiger charge is -2.29. The number of methoxy groups -OCH3 is 1. The Labute approximate surface area is 104 Å². The van der Waals surface area contributed by atoms with Crippen LogP contribution in [-0.4, -0.2) is 17.1 Å². The van der Waals surface area contributed by atoms with Gasteiger partial charge in [0.15, 0.2) is 5.82 Å². The molecule has 4 heteroatoms. The van der Waals surface area contributed by atoms with Gasteiger partial charge in [-0.25, -0.2) is 9.97 Å². The van der Waals surface area contributed by atoms with Crippen LogP contribution in [0.4, 0.5) is 5.82 Å². The van der Waals surface area contributed by atoms with Gasteiger partial charge in [0.2, 0.25) is 0 Å². The van der Waals surface area contributed by atoms with Crippen LogP contribution in [0, 0.1) is 6.92 Å². The first-order valence-electron chi connectivity index (χ1n) is 6.23. The van der Waals surface area contributed by atoms with Gasteiger partial charge in [0.25, 0.3) is 0 Å². The first-order valence-corrected chi connectivity index (χ1v) is 6.23. The van der Waals surface area contributed by atoms with Crippen molar-refractivity contribution >= 4 is 5.82 Å². The Kier molecular flexibility index (Phi) is 4.46. The van der Waals surface area contributed by atoms with Crippen LogP contribution in [0.1, 0.15) is 50.7 Å². The lowest BCUT2D eigenvalue weighted by molar-refractivity contribution is -0.0291. The van der Waals surface area contributed by atoms with Gasteiger partial charge >= 0.3 is 0 Å². The minimum atomic E-state index is -0.412. The normalized spacial score (nSPS) is 11.8. The summed E-state index contributed by atoms with van der Waals surface area (Å²) in [4.78, 5) is 9.01. The maximum Gasteiger partial charge on any atom is 0.162 e. The van der Waals surface area contributed by atoms with Gasteiger partial charge in [0.05, 0.1) is 0 Å². The zero-order valence-corrected chi connectivity index (χ0v) is 11.5. The first-order chi connectivity index (χ1) is 8.04. The summed E-state index contributed by atoms with van der Waals surface area (Å²) in [6.45, 7) is 8.20. The second kappa shape index (κ2) is 5.45. The molecule has 1 heterocycles. The molecule has 0 atom stereocenters. The number of anilines is 1. The Hall–Kier alpha value is -1.16. The maximum atomic E-state index is 5.99. The molecule has 1 aromatic rings. The van der Waals surface area contributed by atoms with Crippen LogP contribution in [0.5, 0.6) is 0 Å². The highest BCUT2D eigenvalue weighted by molar-refractivity contribution is 5.42. The molecular weight excluding hydrogens is 214 g/mol. The fraction of sp³-hybridized carbons (Fsp3) is 0.692. The van der Waals surface area contributed by atoms with Gasteiger partial charge in [-0.1, -0.05) is 20.8 Å². The van der Waals surface area contributed by atoms with Crippen molar-refractivity contribution in [1.82, 2.24) is 9.97 Å². The molecule has 0 fully saturated rings. The Morgan fingerprint density at radius 2 is 1.76 bits per heavy atom. The van der Waals surface area contributed by atoms with Gasteiger partial charge in [-0.15, -0.1) is 0 Å². The fourth-order valence-corrected chi connectivity index (χ4v) is 2.21. The minimum absolute atomic E-state index is 0.412. The van der Waals surface area contributed by atoms with E-state index in [1.54, 1.807) is 7.11 Å². The molecule has 0 bridgehead atoms. The number of nitrogens with zero attached hydrogens (tertiary/aromatic N) is 2. The molecular formula is C13H23N3O. The zero-order chi connectivity index (χ0) is 13.1. The van der Waals surface area contributed by atoms with Crippen molar-refractivity contribution in [2.45, 2.75) is 52.6 Å². The molecule has 96 valence electrons. The largest absolute Gasteiger partial charge is 0.383 e. The monoisotopic (exact) mass is 237 g/mol. The van der Waals surface area contributed by atoms with Gasteiger partial charge in [-0.3, -0.25) is 0 Å². The Morgan fingerprint density at radius 1 is 1.18 bits per heavy atom. The van der Waals surface area contributed by atoms with E-state index < -0.39 is 5.60 Å². The molecule has 17 heavy (non-hydrogen) atoms. The number of nitrogens with two attached hydrogens (primary N) is 1. The van der Waals surface area contributed by atoms with Gasteiger partial charge in [0, 0.05) is 18.4 Å². The molecule has 0 radical (unpaired) electrons. The third-order valence-electron chi connectivity index (χ3n) is 3.54. The highest BCUT2D eigenvalue weighted by atomic mass is 16.5. The smallest absolute Gasteiger partial charge is 0.162 e. The summed E-state index contributed by atoms with van der Waals surface area (Å²) in [6.07, 6.45) is 2.53. The van der Waals surface area contributed by atoms with Crippen LogP contribution < -0.4 is 5.73 Å². The Morgan fingerprint density at radius 3 is 2.12 bits per heavy atom. The van der Waals surface area contributed by atoms with E-state index in [2.05, 4.69) is 30.7 Å². The SMILES string of the molecule is CCc1c(C)nc(C(CC)(CC)OC)nc1N. The summed E-state index contributed by atoms with van der Waals surface area (Å²) in [6, 6.07) is 0. The number of aryl methyl sites for hydroxylation is 1. The van der Waals surface area contributed by atoms with Crippen molar-refractivity contribution in [2.24, 2.45) is 0 Å². The predicted octanol–water partition coefficient (Wildman–Crippen LogP) is 2.59. The molecule has 2 N–H and O–H groups in total. The molecule has 0 saturated carbocycles. The second-order valence-electron chi connectivity index (χ2n) is 4.26. The molecule has 0 aromatic carbocycles. The van der Waals surface area contributed by atoms with Gasteiger partial charge in [-0.05, 0) is 26.2 Å². The topological polar surface area (TPSA) is 61.0 Å². The minimum Gasteiger partial charge on any atom is -0.383 e. The summed E-state index contributed by atoms with van der Waals surface area (Å²) < 4.78 is 5.63. The molecule has 0 spiro atoms. The third-order valence-corrected chi connectivity index (χ3v) is 3.54. The summed E-state index contributed by atoms with van der Waals surface area (Å²) in [7, 11) is 1.70.